The van der Waals surface area contributed by atoms with Crippen LogP contribution in [0.2, 0.25) is 0 Å². The predicted octanol–water partition coefficient (Wildman–Crippen LogP) is 2.58. The molecule has 134 valence electrons. The van der Waals surface area contributed by atoms with Gasteiger partial charge in [-0.2, -0.15) is 0 Å². The lowest BCUT2D eigenvalue weighted by atomic mass is 9.74. The smallest absolute Gasteiger partial charge is 0.231 e. The molecule has 1 aliphatic rings. The van der Waals surface area contributed by atoms with Crippen LogP contribution in [0.15, 0.2) is 12.1 Å². The van der Waals surface area contributed by atoms with Gasteiger partial charge in [-0.15, -0.1) is 0 Å². The van der Waals surface area contributed by atoms with Crippen LogP contribution in [-0.2, 0) is 4.79 Å². The molecule has 1 saturated carbocycles. The van der Waals surface area contributed by atoms with E-state index in [4.69, 9.17) is 19.9 Å². The lowest BCUT2D eigenvalue weighted by molar-refractivity contribution is -0.125. The van der Waals surface area contributed by atoms with Gasteiger partial charge in [-0.3, -0.25) is 4.79 Å². The average molecular weight is 336 g/mol. The molecular formula is C18H28N2O4. The van der Waals surface area contributed by atoms with Gasteiger partial charge < -0.3 is 24.8 Å². The SMILES string of the molecule is COc1cc(N(C)C(=O)C2CCCCC2(C)N)cc(OC)c1OC. The van der Waals surface area contributed by atoms with E-state index in [0.29, 0.717) is 22.9 Å². The van der Waals surface area contributed by atoms with Crippen LogP contribution >= 0.6 is 0 Å². The number of rotatable bonds is 5. The summed E-state index contributed by atoms with van der Waals surface area (Å²) >= 11 is 0. The molecule has 0 heterocycles. The molecule has 6 nitrogen and oxygen atoms in total. The predicted molar refractivity (Wildman–Crippen MR) is 94.1 cm³/mol. The third-order valence-electron chi connectivity index (χ3n) is 4.92. The minimum atomic E-state index is -0.468. The standard InChI is InChI=1S/C18H28N2O4/c1-18(19)9-7-6-8-13(18)17(21)20(2)12-10-14(22-3)16(24-5)15(11-12)23-4/h10-11,13H,6-9,19H2,1-5H3. The molecule has 1 fully saturated rings. The molecule has 0 spiro atoms. The summed E-state index contributed by atoms with van der Waals surface area (Å²) in [4.78, 5) is 14.6. The Morgan fingerprint density at radius 2 is 1.75 bits per heavy atom. The Morgan fingerprint density at radius 1 is 1.17 bits per heavy atom. The molecule has 0 bridgehead atoms. The fraction of sp³-hybridized carbons (Fsp3) is 0.611. The molecule has 0 aromatic heterocycles. The van der Waals surface area contributed by atoms with Crippen LogP contribution in [0.1, 0.15) is 32.6 Å². The van der Waals surface area contributed by atoms with E-state index >= 15 is 0 Å². The maximum Gasteiger partial charge on any atom is 0.231 e. The van der Waals surface area contributed by atoms with Crippen LogP contribution in [-0.4, -0.2) is 39.8 Å². The van der Waals surface area contributed by atoms with Crippen molar-refractivity contribution < 1.29 is 19.0 Å². The topological polar surface area (TPSA) is 74.0 Å². The van der Waals surface area contributed by atoms with Crippen LogP contribution in [0.25, 0.3) is 0 Å². The van der Waals surface area contributed by atoms with Crippen molar-refractivity contribution in [3.8, 4) is 17.2 Å². The lowest BCUT2D eigenvalue weighted by Gasteiger charge is -2.39. The summed E-state index contributed by atoms with van der Waals surface area (Å²) in [6, 6.07) is 3.55. The fourth-order valence-corrected chi connectivity index (χ4v) is 3.39. The minimum absolute atomic E-state index is 0.0222. The van der Waals surface area contributed by atoms with Crippen LogP contribution in [0, 0.1) is 5.92 Å². The first-order chi connectivity index (χ1) is 11.4. The third-order valence-corrected chi connectivity index (χ3v) is 4.92. The second kappa shape index (κ2) is 7.30. The monoisotopic (exact) mass is 336 g/mol. The van der Waals surface area contributed by atoms with Gasteiger partial charge in [0, 0.05) is 24.7 Å². The molecule has 2 unspecified atom stereocenters. The maximum atomic E-state index is 13.0. The molecule has 2 N–H and O–H groups in total. The highest BCUT2D eigenvalue weighted by molar-refractivity contribution is 5.96. The van der Waals surface area contributed by atoms with E-state index in [1.807, 2.05) is 6.92 Å². The van der Waals surface area contributed by atoms with Gasteiger partial charge in [0.15, 0.2) is 11.5 Å². The first-order valence-electron chi connectivity index (χ1n) is 8.22. The molecule has 0 radical (unpaired) electrons. The van der Waals surface area contributed by atoms with Gasteiger partial charge in [0.2, 0.25) is 11.7 Å². The van der Waals surface area contributed by atoms with E-state index in [9.17, 15) is 4.79 Å². The summed E-state index contributed by atoms with van der Waals surface area (Å²) in [5.74, 6) is 1.38. The summed E-state index contributed by atoms with van der Waals surface area (Å²) in [6.45, 7) is 1.97. The number of carbonyl (C=O) groups is 1. The molecule has 1 amide bonds. The highest BCUT2D eigenvalue weighted by Gasteiger charge is 2.39. The zero-order valence-corrected chi connectivity index (χ0v) is 15.2. The number of amides is 1. The fourth-order valence-electron chi connectivity index (χ4n) is 3.39. The Labute approximate surface area is 143 Å². The Morgan fingerprint density at radius 3 is 2.21 bits per heavy atom. The Bertz CT molecular complexity index is 576. The first kappa shape index (κ1) is 18.4. The molecule has 24 heavy (non-hydrogen) atoms. The average Bonchev–Trinajstić information content (AvgIpc) is 2.58. The number of benzene rings is 1. The van der Waals surface area contributed by atoms with Gasteiger partial charge in [0.1, 0.15) is 0 Å². The van der Waals surface area contributed by atoms with E-state index in [1.165, 1.54) is 0 Å². The summed E-state index contributed by atoms with van der Waals surface area (Å²) in [5.41, 5.74) is 6.60. The van der Waals surface area contributed by atoms with Crippen molar-refractivity contribution in [3.63, 3.8) is 0 Å². The molecule has 2 rings (SSSR count). The van der Waals surface area contributed by atoms with E-state index in [-0.39, 0.29) is 11.8 Å². The van der Waals surface area contributed by atoms with E-state index < -0.39 is 5.54 Å². The van der Waals surface area contributed by atoms with Crippen molar-refractivity contribution in [2.75, 3.05) is 33.3 Å². The molecular weight excluding hydrogens is 308 g/mol. The van der Waals surface area contributed by atoms with Crippen molar-refractivity contribution in [3.05, 3.63) is 12.1 Å². The molecule has 2 atom stereocenters. The summed E-state index contributed by atoms with van der Waals surface area (Å²) in [7, 11) is 6.42. The number of hydrogen-bond acceptors (Lipinski definition) is 5. The van der Waals surface area contributed by atoms with Crippen molar-refractivity contribution in [1.82, 2.24) is 0 Å². The summed E-state index contributed by atoms with van der Waals surface area (Å²) in [5, 5.41) is 0. The van der Waals surface area contributed by atoms with E-state index in [2.05, 4.69) is 0 Å². The molecule has 1 aliphatic carbocycles. The number of ether oxygens (including phenoxy) is 3. The van der Waals surface area contributed by atoms with Gasteiger partial charge in [-0.1, -0.05) is 12.8 Å². The lowest BCUT2D eigenvalue weighted by Crippen LogP contribution is -2.53. The van der Waals surface area contributed by atoms with Crippen molar-refractivity contribution in [1.29, 1.82) is 0 Å². The van der Waals surface area contributed by atoms with Crippen LogP contribution in [0.4, 0.5) is 5.69 Å². The largest absolute Gasteiger partial charge is 0.493 e. The van der Waals surface area contributed by atoms with Crippen LogP contribution < -0.4 is 24.8 Å². The number of carbonyl (C=O) groups excluding carboxylic acids is 1. The van der Waals surface area contributed by atoms with Crippen molar-refractivity contribution in [2.45, 2.75) is 38.1 Å². The van der Waals surface area contributed by atoms with Crippen LogP contribution in [0.3, 0.4) is 0 Å². The highest BCUT2D eigenvalue weighted by atomic mass is 16.5. The first-order valence-corrected chi connectivity index (χ1v) is 8.22. The zero-order valence-electron chi connectivity index (χ0n) is 15.2. The highest BCUT2D eigenvalue weighted by Crippen LogP contribution is 2.42. The summed E-state index contributed by atoms with van der Waals surface area (Å²) < 4.78 is 16.1. The van der Waals surface area contributed by atoms with Crippen molar-refractivity contribution in [2.24, 2.45) is 11.7 Å². The van der Waals surface area contributed by atoms with Gasteiger partial charge in [-0.05, 0) is 19.8 Å². The third kappa shape index (κ3) is 3.43. The van der Waals surface area contributed by atoms with Crippen molar-refractivity contribution >= 4 is 11.6 Å². The van der Waals surface area contributed by atoms with E-state index in [0.717, 1.165) is 25.7 Å². The maximum absolute atomic E-state index is 13.0. The summed E-state index contributed by atoms with van der Waals surface area (Å²) in [6.07, 6.45) is 3.80. The van der Waals surface area contributed by atoms with Gasteiger partial charge in [0.25, 0.3) is 0 Å². The zero-order chi connectivity index (χ0) is 17.9. The second-order valence-corrected chi connectivity index (χ2v) is 6.58. The van der Waals surface area contributed by atoms with Gasteiger partial charge >= 0.3 is 0 Å². The molecule has 0 aliphatic heterocycles. The van der Waals surface area contributed by atoms with Crippen LogP contribution in [0.5, 0.6) is 17.2 Å². The number of nitrogens with two attached hydrogens (primary N) is 1. The Kier molecular flexibility index (Phi) is 5.59. The Balaban J connectivity index is 2.35. The van der Waals surface area contributed by atoms with E-state index in [1.54, 1.807) is 45.4 Å². The quantitative estimate of drug-likeness (QED) is 0.894. The number of methoxy groups -OCH3 is 3. The number of hydrogen-bond donors (Lipinski definition) is 1. The number of anilines is 1. The number of nitrogens with zero attached hydrogens (tertiary/aromatic N) is 1. The van der Waals surface area contributed by atoms with Gasteiger partial charge in [0.05, 0.1) is 32.9 Å². The normalized spacial score (nSPS) is 23.5. The molecule has 1 aromatic rings. The Hall–Kier alpha value is -1.95. The second-order valence-electron chi connectivity index (χ2n) is 6.58. The molecule has 6 heteroatoms. The van der Waals surface area contributed by atoms with Gasteiger partial charge in [-0.25, -0.2) is 0 Å². The molecule has 1 aromatic carbocycles. The molecule has 0 saturated heterocycles. The minimum Gasteiger partial charge on any atom is -0.493 e.